The first-order valence-corrected chi connectivity index (χ1v) is 7.21. The Bertz CT molecular complexity index is 342. The molecule has 2 saturated heterocycles. The minimum absolute atomic E-state index is 0. The third-order valence-electron chi connectivity index (χ3n) is 3.14. The van der Waals surface area contributed by atoms with Crippen LogP contribution in [-0.4, -0.2) is 37.8 Å². The lowest BCUT2D eigenvalue weighted by Gasteiger charge is -2.18. The lowest BCUT2D eigenvalue weighted by molar-refractivity contribution is 0.0907. The molecule has 0 aromatic rings. The smallest absolute Gasteiger partial charge is 0.153 e. The quantitative estimate of drug-likeness (QED) is 0.816. The van der Waals surface area contributed by atoms with Crippen molar-refractivity contribution in [2.45, 2.75) is 50.1 Å². The zero-order valence-corrected chi connectivity index (χ0v) is 11.4. The van der Waals surface area contributed by atoms with Crippen LogP contribution in [0.4, 0.5) is 0 Å². The lowest BCUT2D eigenvalue weighted by atomic mass is 10.1. The number of nitrogens with one attached hydrogen (secondary N) is 1. The summed E-state index contributed by atoms with van der Waals surface area (Å²) in [4.78, 5) is 0. The third kappa shape index (κ3) is 3.09. The highest BCUT2D eigenvalue weighted by atomic mass is 35.5. The van der Waals surface area contributed by atoms with Gasteiger partial charge in [-0.3, -0.25) is 5.32 Å². The van der Waals surface area contributed by atoms with Gasteiger partial charge in [-0.15, -0.1) is 12.4 Å². The van der Waals surface area contributed by atoms with Crippen LogP contribution in [0.3, 0.4) is 0 Å². The summed E-state index contributed by atoms with van der Waals surface area (Å²) < 4.78 is 28.8. The Hall–Kier alpha value is 0.160. The molecule has 0 bridgehead atoms. The van der Waals surface area contributed by atoms with E-state index in [2.05, 4.69) is 19.2 Å². The van der Waals surface area contributed by atoms with Crippen molar-refractivity contribution in [2.24, 2.45) is 0 Å². The van der Waals surface area contributed by atoms with Crippen LogP contribution < -0.4 is 5.32 Å². The normalized spacial score (nSPS) is 35.9. The van der Waals surface area contributed by atoms with E-state index in [1.54, 1.807) is 0 Å². The SMILES string of the molecule is CC1(C)COC(CC2CCCS2(=O)=O)N1.Cl. The first kappa shape index (κ1) is 14.2. The maximum Gasteiger partial charge on any atom is 0.153 e. The number of rotatable bonds is 2. The number of ether oxygens (including phenoxy) is 1. The Morgan fingerprint density at radius 3 is 2.56 bits per heavy atom. The predicted molar refractivity (Wildman–Crippen MR) is 65.6 cm³/mol. The summed E-state index contributed by atoms with van der Waals surface area (Å²) in [7, 11) is -2.83. The minimum atomic E-state index is -2.83. The van der Waals surface area contributed by atoms with Crippen molar-refractivity contribution < 1.29 is 13.2 Å². The van der Waals surface area contributed by atoms with Gasteiger partial charge in [0, 0.05) is 12.0 Å². The predicted octanol–water partition coefficient (Wildman–Crippen LogP) is 1.10. The van der Waals surface area contributed by atoms with Gasteiger partial charge in [0.15, 0.2) is 9.84 Å². The summed E-state index contributed by atoms with van der Waals surface area (Å²) in [5, 5.41) is 3.12. The van der Waals surface area contributed by atoms with Crippen molar-refractivity contribution in [1.29, 1.82) is 0 Å². The van der Waals surface area contributed by atoms with E-state index in [-0.39, 0.29) is 29.4 Å². The Kier molecular flexibility index (Phi) is 4.27. The molecule has 16 heavy (non-hydrogen) atoms. The van der Waals surface area contributed by atoms with Gasteiger partial charge in [-0.05, 0) is 26.7 Å². The van der Waals surface area contributed by atoms with Gasteiger partial charge in [0.1, 0.15) is 6.23 Å². The van der Waals surface area contributed by atoms with Crippen LogP contribution in [0.15, 0.2) is 0 Å². The van der Waals surface area contributed by atoms with E-state index < -0.39 is 9.84 Å². The molecule has 2 rings (SSSR count). The standard InChI is InChI=1S/C10H19NO3S.ClH/c1-10(2)7-14-9(11-10)6-8-4-3-5-15(8,12)13;/h8-9,11H,3-7H2,1-2H3;1H. The molecule has 0 aliphatic carbocycles. The monoisotopic (exact) mass is 269 g/mol. The number of hydrogen-bond acceptors (Lipinski definition) is 4. The van der Waals surface area contributed by atoms with Crippen LogP contribution >= 0.6 is 12.4 Å². The van der Waals surface area contributed by atoms with Crippen molar-refractivity contribution in [3.8, 4) is 0 Å². The summed E-state index contributed by atoms with van der Waals surface area (Å²) in [6, 6.07) is 0. The average molecular weight is 270 g/mol. The number of hydrogen-bond donors (Lipinski definition) is 1. The van der Waals surface area contributed by atoms with E-state index in [0.29, 0.717) is 18.8 Å². The zero-order valence-electron chi connectivity index (χ0n) is 9.73. The van der Waals surface area contributed by atoms with Crippen LogP contribution in [0.5, 0.6) is 0 Å². The van der Waals surface area contributed by atoms with Gasteiger partial charge in [0.2, 0.25) is 0 Å². The van der Waals surface area contributed by atoms with Gasteiger partial charge < -0.3 is 4.74 Å². The fourth-order valence-corrected chi connectivity index (χ4v) is 4.21. The molecule has 4 nitrogen and oxygen atoms in total. The molecule has 2 aliphatic rings. The molecule has 1 N–H and O–H groups in total. The average Bonchev–Trinajstić information content (AvgIpc) is 2.57. The fraction of sp³-hybridized carbons (Fsp3) is 1.00. The molecular weight excluding hydrogens is 250 g/mol. The molecule has 6 heteroatoms. The second-order valence-corrected chi connectivity index (χ2v) is 7.60. The van der Waals surface area contributed by atoms with E-state index in [4.69, 9.17) is 4.74 Å². The van der Waals surface area contributed by atoms with Gasteiger partial charge >= 0.3 is 0 Å². The molecular formula is C10H20ClNO3S. The first-order valence-electron chi connectivity index (χ1n) is 5.50. The van der Waals surface area contributed by atoms with Gasteiger partial charge in [0.25, 0.3) is 0 Å². The van der Waals surface area contributed by atoms with E-state index in [1.165, 1.54) is 0 Å². The van der Waals surface area contributed by atoms with Crippen molar-refractivity contribution >= 4 is 22.2 Å². The molecule has 2 aliphatic heterocycles. The van der Waals surface area contributed by atoms with Crippen molar-refractivity contribution in [3.05, 3.63) is 0 Å². The second-order valence-electron chi connectivity index (χ2n) is 5.19. The summed E-state index contributed by atoms with van der Waals surface area (Å²) >= 11 is 0. The van der Waals surface area contributed by atoms with Crippen LogP contribution in [0.1, 0.15) is 33.1 Å². The summed E-state index contributed by atoms with van der Waals surface area (Å²) in [6.45, 7) is 4.79. The molecule has 0 aromatic carbocycles. The Labute approximate surface area is 103 Å². The molecule has 0 saturated carbocycles. The third-order valence-corrected chi connectivity index (χ3v) is 5.44. The molecule has 0 amide bonds. The van der Waals surface area contributed by atoms with Crippen LogP contribution in [0.2, 0.25) is 0 Å². The summed E-state index contributed by atoms with van der Waals surface area (Å²) in [5.74, 6) is 0.355. The van der Waals surface area contributed by atoms with Gasteiger partial charge in [-0.25, -0.2) is 8.42 Å². The number of sulfone groups is 1. The van der Waals surface area contributed by atoms with Gasteiger partial charge in [0.05, 0.1) is 17.6 Å². The fourth-order valence-electron chi connectivity index (χ4n) is 2.32. The van der Waals surface area contributed by atoms with Crippen LogP contribution in [-0.2, 0) is 14.6 Å². The zero-order chi connectivity index (χ0) is 11.1. The van der Waals surface area contributed by atoms with Gasteiger partial charge in [-0.1, -0.05) is 0 Å². The lowest BCUT2D eigenvalue weighted by Crippen LogP contribution is -2.40. The van der Waals surface area contributed by atoms with Crippen molar-refractivity contribution in [2.75, 3.05) is 12.4 Å². The van der Waals surface area contributed by atoms with E-state index in [1.807, 2.05) is 0 Å². The highest BCUT2D eigenvalue weighted by molar-refractivity contribution is 7.92. The summed E-state index contributed by atoms with van der Waals surface area (Å²) in [6.07, 6.45) is 2.12. The maximum absolute atomic E-state index is 11.6. The van der Waals surface area contributed by atoms with E-state index >= 15 is 0 Å². The molecule has 0 spiro atoms. The Balaban J connectivity index is 0.00000128. The second kappa shape index (κ2) is 4.80. The maximum atomic E-state index is 11.6. The van der Waals surface area contributed by atoms with Crippen LogP contribution in [0, 0.1) is 0 Å². The molecule has 0 radical (unpaired) electrons. The Morgan fingerprint density at radius 2 is 2.12 bits per heavy atom. The summed E-state index contributed by atoms with van der Waals surface area (Å²) in [5.41, 5.74) is -0.0208. The highest BCUT2D eigenvalue weighted by Gasteiger charge is 2.37. The molecule has 2 atom stereocenters. The molecule has 0 aromatic heterocycles. The van der Waals surface area contributed by atoms with Crippen molar-refractivity contribution in [3.63, 3.8) is 0 Å². The molecule has 2 heterocycles. The van der Waals surface area contributed by atoms with Crippen molar-refractivity contribution in [1.82, 2.24) is 5.32 Å². The molecule has 2 unspecified atom stereocenters. The van der Waals surface area contributed by atoms with E-state index in [9.17, 15) is 8.42 Å². The topological polar surface area (TPSA) is 55.4 Å². The van der Waals surface area contributed by atoms with Gasteiger partial charge in [-0.2, -0.15) is 0 Å². The Morgan fingerprint density at radius 1 is 1.44 bits per heavy atom. The van der Waals surface area contributed by atoms with Crippen LogP contribution in [0.25, 0.3) is 0 Å². The number of halogens is 1. The highest BCUT2D eigenvalue weighted by Crippen LogP contribution is 2.26. The largest absolute Gasteiger partial charge is 0.361 e. The molecule has 2 fully saturated rings. The minimum Gasteiger partial charge on any atom is -0.361 e. The van der Waals surface area contributed by atoms with E-state index in [0.717, 1.165) is 12.8 Å². The molecule has 96 valence electrons. The first-order chi connectivity index (χ1) is 6.89.